The standard InChI is InChI=1S/C17H28ClN/c1-4-7-9-14(5-2)12-17(19-6-3)15-10-8-11-16(18)13-15/h8,10-11,13-14,17,19H,4-7,9,12H2,1-3H3. The summed E-state index contributed by atoms with van der Waals surface area (Å²) >= 11 is 6.12. The molecule has 2 unspecified atom stereocenters. The van der Waals surface area contributed by atoms with Gasteiger partial charge in [-0.1, -0.05) is 70.2 Å². The SMILES string of the molecule is CCCCC(CC)CC(NCC)c1cccc(Cl)c1. The Morgan fingerprint density at radius 1 is 1.21 bits per heavy atom. The molecular weight excluding hydrogens is 254 g/mol. The minimum atomic E-state index is 0.436. The quantitative estimate of drug-likeness (QED) is 0.621. The van der Waals surface area contributed by atoms with E-state index in [1.54, 1.807) is 0 Å². The van der Waals surface area contributed by atoms with Gasteiger partial charge in [-0.3, -0.25) is 0 Å². The molecule has 0 aliphatic carbocycles. The van der Waals surface area contributed by atoms with Crippen LogP contribution in [-0.2, 0) is 0 Å². The molecule has 0 spiro atoms. The largest absolute Gasteiger partial charge is 0.310 e. The fraction of sp³-hybridized carbons (Fsp3) is 0.647. The molecule has 0 aromatic heterocycles. The van der Waals surface area contributed by atoms with Crippen molar-refractivity contribution >= 4 is 11.6 Å². The Hall–Kier alpha value is -0.530. The molecule has 2 heteroatoms. The molecule has 0 saturated heterocycles. The summed E-state index contributed by atoms with van der Waals surface area (Å²) in [4.78, 5) is 0. The summed E-state index contributed by atoms with van der Waals surface area (Å²) in [7, 11) is 0. The van der Waals surface area contributed by atoms with Crippen LogP contribution >= 0.6 is 11.6 Å². The van der Waals surface area contributed by atoms with Crippen LogP contribution in [0.4, 0.5) is 0 Å². The van der Waals surface area contributed by atoms with Crippen molar-refractivity contribution in [3.8, 4) is 0 Å². The number of rotatable bonds is 9. The molecule has 1 nitrogen and oxygen atoms in total. The summed E-state index contributed by atoms with van der Waals surface area (Å²) in [6.45, 7) is 7.75. The van der Waals surface area contributed by atoms with E-state index < -0.39 is 0 Å². The van der Waals surface area contributed by atoms with Crippen molar-refractivity contribution in [1.82, 2.24) is 5.32 Å². The smallest absolute Gasteiger partial charge is 0.0409 e. The van der Waals surface area contributed by atoms with Gasteiger partial charge in [0.05, 0.1) is 0 Å². The molecule has 0 aliphatic heterocycles. The second-order valence-electron chi connectivity index (χ2n) is 5.32. The van der Waals surface area contributed by atoms with Crippen LogP contribution in [0.15, 0.2) is 24.3 Å². The number of hydrogen-bond acceptors (Lipinski definition) is 1. The monoisotopic (exact) mass is 281 g/mol. The number of halogens is 1. The zero-order valence-electron chi connectivity index (χ0n) is 12.6. The predicted molar refractivity (Wildman–Crippen MR) is 85.8 cm³/mol. The van der Waals surface area contributed by atoms with Crippen molar-refractivity contribution < 1.29 is 0 Å². The lowest BCUT2D eigenvalue weighted by Gasteiger charge is -2.24. The van der Waals surface area contributed by atoms with Crippen molar-refractivity contribution in [3.63, 3.8) is 0 Å². The molecule has 1 aromatic rings. The molecule has 0 saturated carbocycles. The first-order valence-electron chi connectivity index (χ1n) is 7.70. The van der Waals surface area contributed by atoms with Gasteiger partial charge in [0.1, 0.15) is 0 Å². The lowest BCUT2D eigenvalue weighted by atomic mass is 9.89. The van der Waals surface area contributed by atoms with Gasteiger partial charge in [0.25, 0.3) is 0 Å². The summed E-state index contributed by atoms with van der Waals surface area (Å²) in [5.41, 5.74) is 1.32. The van der Waals surface area contributed by atoms with E-state index in [4.69, 9.17) is 11.6 Å². The molecule has 1 aromatic carbocycles. The van der Waals surface area contributed by atoms with Crippen LogP contribution in [0.25, 0.3) is 0 Å². The molecule has 0 bridgehead atoms. The van der Waals surface area contributed by atoms with E-state index in [2.05, 4.69) is 44.3 Å². The predicted octanol–water partition coefficient (Wildman–Crippen LogP) is 5.60. The van der Waals surface area contributed by atoms with E-state index in [1.807, 2.05) is 6.07 Å². The van der Waals surface area contributed by atoms with Crippen molar-refractivity contribution in [2.45, 2.75) is 58.9 Å². The molecule has 1 N–H and O–H groups in total. The number of hydrogen-bond donors (Lipinski definition) is 1. The first kappa shape index (κ1) is 16.5. The van der Waals surface area contributed by atoms with E-state index in [0.29, 0.717) is 6.04 Å². The normalized spacial score (nSPS) is 14.3. The average molecular weight is 282 g/mol. The molecule has 108 valence electrons. The Labute approximate surface area is 123 Å². The Morgan fingerprint density at radius 3 is 2.58 bits per heavy atom. The summed E-state index contributed by atoms with van der Waals surface area (Å²) in [6.07, 6.45) is 6.45. The maximum atomic E-state index is 6.12. The Bertz CT molecular complexity index is 351. The lowest BCUT2D eigenvalue weighted by Crippen LogP contribution is -2.23. The van der Waals surface area contributed by atoms with Gasteiger partial charge in [0.2, 0.25) is 0 Å². The number of benzene rings is 1. The summed E-state index contributed by atoms with van der Waals surface area (Å²) in [5, 5.41) is 4.44. The van der Waals surface area contributed by atoms with Crippen LogP contribution in [0, 0.1) is 5.92 Å². The fourth-order valence-electron chi connectivity index (χ4n) is 2.62. The molecule has 19 heavy (non-hydrogen) atoms. The second kappa shape index (κ2) is 9.39. The zero-order valence-corrected chi connectivity index (χ0v) is 13.3. The third-order valence-corrected chi connectivity index (χ3v) is 4.05. The van der Waals surface area contributed by atoms with Gasteiger partial charge in [-0.15, -0.1) is 0 Å². The third-order valence-electron chi connectivity index (χ3n) is 3.81. The molecule has 0 fully saturated rings. The lowest BCUT2D eigenvalue weighted by molar-refractivity contribution is 0.357. The van der Waals surface area contributed by atoms with E-state index in [0.717, 1.165) is 17.5 Å². The molecule has 0 heterocycles. The van der Waals surface area contributed by atoms with Crippen LogP contribution in [0.1, 0.15) is 64.5 Å². The van der Waals surface area contributed by atoms with Gasteiger partial charge in [0.15, 0.2) is 0 Å². The fourth-order valence-corrected chi connectivity index (χ4v) is 2.82. The van der Waals surface area contributed by atoms with Crippen LogP contribution in [-0.4, -0.2) is 6.54 Å². The van der Waals surface area contributed by atoms with E-state index in [-0.39, 0.29) is 0 Å². The number of nitrogens with one attached hydrogen (secondary N) is 1. The highest BCUT2D eigenvalue weighted by atomic mass is 35.5. The maximum Gasteiger partial charge on any atom is 0.0409 e. The van der Waals surface area contributed by atoms with Crippen LogP contribution in [0.5, 0.6) is 0 Å². The first-order valence-corrected chi connectivity index (χ1v) is 8.07. The summed E-state index contributed by atoms with van der Waals surface area (Å²) in [6, 6.07) is 8.72. The molecule has 0 aliphatic rings. The van der Waals surface area contributed by atoms with Gasteiger partial charge >= 0.3 is 0 Å². The minimum Gasteiger partial charge on any atom is -0.310 e. The molecule has 0 radical (unpaired) electrons. The van der Waals surface area contributed by atoms with Crippen LogP contribution in [0.3, 0.4) is 0 Å². The number of unbranched alkanes of at least 4 members (excludes halogenated alkanes) is 1. The van der Waals surface area contributed by atoms with Crippen LogP contribution in [0.2, 0.25) is 5.02 Å². The van der Waals surface area contributed by atoms with Gasteiger partial charge in [-0.25, -0.2) is 0 Å². The van der Waals surface area contributed by atoms with Crippen molar-refractivity contribution in [1.29, 1.82) is 0 Å². The van der Waals surface area contributed by atoms with Gasteiger partial charge < -0.3 is 5.32 Å². The topological polar surface area (TPSA) is 12.0 Å². The average Bonchev–Trinajstić information content (AvgIpc) is 2.42. The van der Waals surface area contributed by atoms with E-state index in [9.17, 15) is 0 Å². The highest BCUT2D eigenvalue weighted by Crippen LogP contribution is 2.28. The van der Waals surface area contributed by atoms with Crippen LogP contribution < -0.4 is 5.32 Å². The molecule has 1 rings (SSSR count). The Morgan fingerprint density at radius 2 is 2.00 bits per heavy atom. The molecular formula is C17H28ClN. The maximum absolute atomic E-state index is 6.12. The van der Waals surface area contributed by atoms with Crippen molar-refractivity contribution in [2.24, 2.45) is 5.92 Å². The van der Waals surface area contributed by atoms with Crippen molar-refractivity contribution in [3.05, 3.63) is 34.9 Å². The van der Waals surface area contributed by atoms with E-state index in [1.165, 1.54) is 37.7 Å². The van der Waals surface area contributed by atoms with E-state index >= 15 is 0 Å². The first-order chi connectivity index (χ1) is 9.21. The molecule has 0 amide bonds. The third kappa shape index (κ3) is 5.97. The van der Waals surface area contributed by atoms with Gasteiger partial charge in [-0.05, 0) is 36.6 Å². The second-order valence-corrected chi connectivity index (χ2v) is 5.75. The molecule has 2 atom stereocenters. The zero-order chi connectivity index (χ0) is 14.1. The highest BCUT2D eigenvalue weighted by Gasteiger charge is 2.16. The summed E-state index contributed by atoms with van der Waals surface area (Å²) in [5.74, 6) is 0.808. The Balaban J connectivity index is 2.70. The van der Waals surface area contributed by atoms with Gasteiger partial charge in [-0.2, -0.15) is 0 Å². The Kier molecular flexibility index (Phi) is 8.16. The minimum absolute atomic E-state index is 0.436. The highest BCUT2D eigenvalue weighted by molar-refractivity contribution is 6.30. The van der Waals surface area contributed by atoms with Crippen molar-refractivity contribution in [2.75, 3.05) is 6.54 Å². The van der Waals surface area contributed by atoms with Gasteiger partial charge in [0, 0.05) is 11.1 Å². The summed E-state index contributed by atoms with van der Waals surface area (Å²) < 4.78 is 0.